The fraction of sp³-hybridized carbons (Fsp3) is 0.273. The molecule has 1 aliphatic rings. The van der Waals surface area contributed by atoms with Crippen molar-refractivity contribution in [3.63, 3.8) is 0 Å². The second kappa shape index (κ2) is 9.72. The largest absolute Gasteiger partial charge is 0.497 e. The van der Waals surface area contributed by atoms with Gasteiger partial charge in [-0.2, -0.15) is 0 Å². The summed E-state index contributed by atoms with van der Waals surface area (Å²) in [5.41, 5.74) is 0.655. The van der Waals surface area contributed by atoms with Crippen molar-refractivity contribution >= 4 is 44.0 Å². The minimum absolute atomic E-state index is 0.109. The minimum atomic E-state index is -4.25. The number of nitrogens with one attached hydrogen (secondary N) is 1. The number of nitrogens with zero attached hydrogens (tertiary/aromatic N) is 1. The van der Waals surface area contributed by atoms with Crippen molar-refractivity contribution in [1.82, 2.24) is 4.31 Å². The molecule has 1 N–H and O–H groups in total. The first-order valence-electron chi connectivity index (χ1n) is 9.83. The van der Waals surface area contributed by atoms with Crippen molar-refractivity contribution in [2.45, 2.75) is 13.3 Å². The van der Waals surface area contributed by atoms with Gasteiger partial charge in [0.15, 0.2) is 0 Å². The zero-order valence-corrected chi connectivity index (χ0v) is 20.0. The van der Waals surface area contributed by atoms with Crippen LogP contribution < -0.4 is 19.5 Å². The molecule has 2 amide bonds. The van der Waals surface area contributed by atoms with Gasteiger partial charge in [-0.1, -0.05) is 18.5 Å². The summed E-state index contributed by atoms with van der Waals surface area (Å²) >= 11 is 6.12. The molecule has 3 rings (SSSR count). The summed E-state index contributed by atoms with van der Waals surface area (Å²) in [5.74, 6) is -0.338. The molecule has 9 nitrogen and oxygen atoms in total. The predicted molar refractivity (Wildman–Crippen MR) is 124 cm³/mol. The Labute approximate surface area is 196 Å². The number of anilines is 1. The molecule has 2 aromatic rings. The molecule has 0 spiro atoms. The number of sulfonamides is 1. The van der Waals surface area contributed by atoms with Crippen LogP contribution in [0.2, 0.25) is 5.02 Å². The molecule has 0 bridgehead atoms. The predicted octanol–water partition coefficient (Wildman–Crippen LogP) is 3.30. The number of ether oxygens (including phenoxy) is 3. The maximum absolute atomic E-state index is 13.2. The average Bonchev–Trinajstić information content (AvgIpc) is 2.99. The van der Waals surface area contributed by atoms with Crippen LogP contribution in [-0.4, -0.2) is 52.4 Å². The van der Waals surface area contributed by atoms with Gasteiger partial charge in [0, 0.05) is 11.6 Å². The Morgan fingerprint density at radius 3 is 2.21 bits per heavy atom. The Kier molecular flexibility index (Phi) is 7.19. The van der Waals surface area contributed by atoms with Gasteiger partial charge in [0.05, 0.1) is 32.0 Å². The van der Waals surface area contributed by atoms with Crippen LogP contribution in [0.1, 0.15) is 18.9 Å². The molecule has 0 fully saturated rings. The van der Waals surface area contributed by atoms with E-state index in [0.717, 1.165) is 0 Å². The summed E-state index contributed by atoms with van der Waals surface area (Å²) < 4.78 is 42.5. The fourth-order valence-corrected chi connectivity index (χ4v) is 5.49. The third-order valence-electron chi connectivity index (χ3n) is 5.05. The number of carbonyl (C=O) groups excluding carboxylic acids is 2. The molecule has 0 saturated heterocycles. The SMILES string of the molecule is CCC1=C(c2ccc(OC)cc2)S(=O)(=O)N(CC(=O)Nc2cc(Cl)c(OC)cc2OC)C1=O. The number of hydrogen-bond acceptors (Lipinski definition) is 7. The molecular weight excluding hydrogens is 472 g/mol. The van der Waals surface area contributed by atoms with Gasteiger partial charge in [-0.15, -0.1) is 0 Å². The Balaban J connectivity index is 1.88. The second-order valence-electron chi connectivity index (χ2n) is 6.94. The van der Waals surface area contributed by atoms with Gasteiger partial charge in [0.25, 0.3) is 15.9 Å². The van der Waals surface area contributed by atoms with Crippen molar-refractivity contribution in [3.05, 3.63) is 52.6 Å². The van der Waals surface area contributed by atoms with Crippen molar-refractivity contribution < 1.29 is 32.2 Å². The molecular formula is C22H23ClN2O7S. The molecule has 176 valence electrons. The van der Waals surface area contributed by atoms with E-state index in [4.69, 9.17) is 25.8 Å². The highest BCUT2D eigenvalue weighted by Crippen LogP contribution is 2.38. The first-order chi connectivity index (χ1) is 15.7. The van der Waals surface area contributed by atoms with Crippen molar-refractivity contribution in [2.75, 3.05) is 33.2 Å². The maximum atomic E-state index is 13.2. The number of hydrogen-bond donors (Lipinski definition) is 1. The number of benzene rings is 2. The summed E-state index contributed by atoms with van der Waals surface area (Å²) in [4.78, 5) is 25.5. The molecule has 1 heterocycles. The van der Waals surface area contributed by atoms with Crippen LogP contribution in [0, 0.1) is 0 Å². The fourth-order valence-electron chi connectivity index (χ4n) is 3.43. The van der Waals surface area contributed by atoms with E-state index in [1.807, 2.05) is 0 Å². The van der Waals surface area contributed by atoms with Crippen LogP contribution in [0.15, 0.2) is 42.0 Å². The highest BCUT2D eigenvalue weighted by molar-refractivity contribution is 7.99. The normalized spacial score (nSPS) is 14.9. The van der Waals surface area contributed by atoms with E-state index in [-0.39, 0.29) is 33.4 Å². The van der Waals surface area contributed by atoms with E-state index in [2.05, 4.69) is 5.32 Å². The molecule has 0 radical (unpaired) electrons. The molecule has 1 aliphatic heterocycles. The van der Waals surface area contributed by atoms with Crippen LogP contribution in [-0.2, 0) is 19.6 Å². The topological polar surface area (TPSA) is 111 Å². The smallest absolute Gasteiger partial charge is 0.268 e. The van der Waals surface area contributed by atoms with Crippen LogP contribution in [0.25, 0.3) is 4.91 Å². The molecule has 11 heteroatoms. The first kappa shape index (κ1) is 24.4. The van der Waals surface area contributed by atoms with Crippen LogP contribution in [0.5, 0.6) is 17.2 Å². The highest BCUT2D eigenvalue weighted by atomic mass is 35.5. The lowest BCUT2D eigenvalue weighted by Gasteiger charge is -2.18. The summed E-state index contributed by atoms with van der Waals surface area (Å²) in [7, 11) is 0.0708. The third-order valence-corrected chi connectivity index (χ3v) is 7.22. The molecule has 33 heavy (non-hydrogen) atoms. The minimum Gasteiger partial charge on any atom is -0.497 e. The Hall–Kier alpha value is -3.24. The first-order valence-corrected chi connectivity index (χ1v) is 11.7. The lowest BCUT2D eigenvalue weighted by atomic mass is 10.1. The summed E-state index contributed by atoms with van der Waals surface area (Å²) in [5, 5.41) is 2.76. The van der Waals surface area contributed by atoms with Gasteiger partial charge in [0.2, 0.25) is 5.91 Å². The van der Waals surface area contributed by atoms with E-state index < -0.39 is 28.4 Å². The molecule has 0 aromatic heterocycles. The summed E-state index contributed by atoms with van der Waals surface area (Å²) in [6.45, 7) is 0.969. The van der Waals surface area contributed by atoms with Gasteiger partial charge < -0.3 is 19.5 Å². The lowest BCUT2D eigenvalue weighted by Crippen LogP contribution is -2.38. The third kappa shape index (κ3) is 4.62. The van der Waals surface area contributed by atoms with Crippen LogP contribution >= 0.6 is 11.6 Å². The Bertz CT molecular complexity index is 1220. The number of halogens is 1. The average molecular weight is 495 g/mol. The van der Waals surface area contributed by atoms with Crippen LogP contribution in [0.3, 0.4) is 0 Å². The number of methoxy groups -OCH3 is 3. The summed E-state index contributed by atoms with van der Waals surface area (Å²) in [6, 6.07) is 9.21. The zero-order valence-electron chi connectivity index (χ0n) is 18.5. The standard InChI is InChI=1S/C22H23ClN2O7S/c1-5-15-21(13-6-8-14(30-2)9-7-13)33(28,29)25(22(15)27)12-20(26)24-17-10-16(23)18(31-3)11-19(17)32-4/h6-11H,5,12H2,1-4H3,(H,24,26). The number of carbonyl (C=O) groups is 2. The van der Waals surface area contributed by atoms with Gasteiger partial charge in [0.1, 0.15) is 28.7 Å². The Morgan fingerprint density at radius 2 is 1.67 bits per heavy atom. The van der Waals surface area contributed by atoms with Gasteiger partial charge in [-0.25, -0.2) is 12.7 Å². The zero-order chi connectivity index (χ0) is 24.3. The van der Waals surface area contributed by atoms with E-state index in [9.17, 15) is 18.0 Å². The Morgan fingerprint density at radius 1 is 1.03 bits per heavy atom. The molecule has 2 aromatic carbocycles. The van der Waals surface area contributed by atoms with Crippen LogP contribution in [0.4, 0.5) is 5.69 Å². The van der Waals surface area contributed by atoms with E-state index in [0.29, 0.717) is 21.4 Å². The maximum Gasteiger partial charge on any atom is 0.268 e. The monoisotopic (exact) mass is 494 g/mol. The highest BCUT2D eigenvalue weighted by Gasteiger charge is 2.44. The van der Waals surface area contributed by atoms with Crippen molar-refractivity contribution in [1.29, 1.82) is 0 Å². The van der Waals surface area contributed by atoms with Gasteiger partial charge in [-0.3, -0.25) is 9.59 Å². The van der Waals surface area contributed by atoms with Crippen molar-refractivity contribution in [2.24, 2.45) is 0 Å². The number of rotatable bonds is 8. The molecule has 0 atom stereocenters. The van der Waals surface area contributed by atoms with Gasteiger partial charge >= 0.3 is 0 Å². The lowest BCUT2D eigenvalue weighted by molar-refractivity contribution is -0.126. The van der Waals surface area contributed by atoms with Crippen molar-refractivity contribution in [3.8, 4) is 17.2 Å². The number of amides is 2. The van der Waals surface area contributed by atoms with Gasteiger partial charge in [-0.05, 0) is 42.3 Å². The molecule has 0 aliphatic carbocycles. The molecule has 0 unspecified atom stereocenters. The van der Waals surface area contributed by atoms with E-state index in [1.54, 1.807) is 31.2 Å². The quantitative estimate of drug-likeness (QED) is 0.599. The second-order valence-corrected chi connectivity index (χ2v) is 9.15. The molecule has 0 saturated carbocycles. The summed E-state index contributed by atoms with van der Waals surface area (Å²) in [6.07, 6.45) is 0.180. The van der Waals surface area contributed by atoms with E-state index >= 15 is 0 Å². The van der Waals surface area contributed by atoms with E-state index in [1.165, 1.54) is 33.5 Å².